The molecule has 0 amide bonds. The maximum absolute atomic E-state index is 5.19. The van der Waals surface area contributed by atoms with E-state index in [1.807, 2.05) is 18.3 Å². The average Bonchev–Trinajstić information content (AvgIpc) is 3.12. The molecule has 0 radical (unpaired) electrons. The van der Waals surface area contributed by atoms with Crippen molar-refractivity contribution in [1.29, 1.82) is 0 Å². The molecule has 1 aromatic heterocycles. The number of fused-ring (bicyclic) bond motifs is 2. The summed E-state index contributed by atoms with van der Waals surface area (Å²) in [5, 5.41) is 4.88. The molecule has 0 atom stereocenters. The fourth-order valence-corrected chi connectivity index (χ4v) is 5.70. The minimum Gasteiger partial charge on any atom is -0.280 e. The summed E-state index contributed by atoms with van der Waals surface area (Å²) in [5.74, 6) is 0. The SMILES string of the molecule is C=N/C(=C\C(=N/Cc1ccc2ccccc2c1)c1cccc(-c2ccc3ccccc3c2)c1)c1cccc(-c2cccnc2)c1. The highest BCUT2D eigenvalue weighted by atomic mass is 14.8. The van der Waals surface area contributed by atoms with Gasteiger partial charge in [-0.2, -0.15) is 0 Å². The lowest BCUT2D eigenvalue weighted by molar-refractivity contribution is 1.07. The summed E-state index contributed by atoms with van der Waals surface area (Å²) in [5.41, 5.74) is 9.17. The average molecular weight is 578 g/mol. The standard InChI is InChI=1S/C42H31N3/c1-43-41(38-15-7-14-36(26-38)40-17-8-22-44-29-40)27-42(45-28-30-18-19-31-9-2-4-11-33(31)23-30)39-16-6-13-35(25-39)37-21-20-32-10-3-5-12-34(32)24-37/h2-27,29H,1,28H2/b41-27-,45-42+. The number of pyridine rings is 1. The molecule has 0 saturated heterocycles. The Hall–Kier alpha value is -5.93. The van der Waals surface area contributed by atoms with Crippen LogP contribution in [-0.4, -0.2) is 17.4 Å². The molecule has 0 unspecified atom stereocenters. The predicted molar refractivity (Wildman–Crippen MR) is 191 cm³/mol. The molecule has 7 aromatic rings. The van der Waals surface area contributed by atoms with Crippen molar-refractivity contribution >= 4 is 39.7 Å². The van der Waals surface area contributed by atoms with Gasteiger partial charge in [-0.1, -0.05) is 115 Å². The molecule has 0 N–H and O–H groups in total. The third-order valence-corrected chi connectivity index (χ3v) is 8.08. The van der Waals surface area contributed by atoms with E-state index >= 15 is 0 Å². The molecule has 0 bridgehead atoms. The number of benzene rings is 6. The first-order valence-electron chi connectivity index (χ1n) is 15.0. The molecule has 45 heavy (non-hydrogen) atoms. The lowest BCUT2D eigenvalue weighted by atomic mass is 9.97. The van der Waals surface area contributed by atoms with E-state index in [0.717, 1.165) is 44.8 Å². The van der Waals surface area contributed by atoms with Gasteiger partial charge in [-0.05, 0) is 86.9 Å². The Morgan fingerprint density at radius 1 is 0.556 bits per heavy atom. The van der Waals surface area contributed by atoms with Gasteiger partial charge in [0.1, 0.15) is 0 Å². The molecule has 0 aliphatic heterocycles. The molecule has 6 aromatic carbocycles. The van der Waals surface area contributed by atoms with Crippen LogP contribution in [0.4, 0.5) is 0 Å². The molecule has 3 heteroatoms. The summed E-state index contributed by atoms with van der Waals surface area (Å²) in [6, 6.07) is 50.9. The maximum atomic E-state index is 5.19. The number of hydrogen-bond acceptors (Lipinski definition) is 3. The molecule has 0 aliphatic rings. The second kappa shape index (κ2) is 12.7. The van der Waals surface area contributed by atoms with Crippen molar-refractivity contribution in [3.8, 4) is 22.3 Å². The number of aliphatic imine (C=N–C) groups is 2. The highest BCUT2D eigenvalue weighted by Gasteiger charge is 2.10. The van der Waals surface area contributed by atoms with Crippen molar-refractivity contribution < 1.29 is 0 Å². The fourth-order valence-electron chi connectivity index (χ4n) is 5.70. The highest BCUT2D eigenvalue weighted by Crippen LogP contribution is 2.28. The topological polar surface area (TPSA) is 37.6 Å². The Bertz CT molecular complexity index is 2210. The summed E-state index contributed by atoms with van der Waals surface area (Å²) in [6.45, 7) is 4.49. The summed E-state index contributed by atoms with van der Waals surface area (Å²) in [6.07, 6.45) is 5.71. The monoisotopic (exact) mass is 577 g/mol. The van der Waals surface area contributed by atoms with E-state index in [-0.39, 0.29) is 0 Å². The summed E-state index contributed by atoms with van der Waals surface area (Å²) >= 11 is 0. The van der Waals surface area contributed by atoms with Crippen LogP contribution in [-0.2, 0) is 6.54 Å². The number of hydrogen-bond donors (Lipinski definition) is 0. The predicted octanol–water partition coefficient (Wildman–Crippen LogP) is 10.5. The quantitative estimate of drug-likeness (QED) is 0.166. The number of nitrogens with zero attached hydrogens (tertiary/aromatic N) is 3. The van der Waals surface area contributed by atoms with Gasteiger partial charge in [-0.3, -0.25) is 15.0 Å². The van der Waals surface area contributed by atoms with Gasteiger partial charge >= 0.3 is 0 Å². The Labute approximate surface area is 263 Å². The molecule has 0 spiro atoms. The molecular weight excluding hydrogens is 546 g/mol. The second-order valence-corrected chi connectivity index (χ2v) is 11.0. The van der Waals surface area contributed by atoms with E-state index in [9.17, 15) is 0 Å². The normalized spacial score (nSPS) is 12.0. The third kappa shape index (κ3) is 6.24. The fraction of sp³-hybridized carbons (Fsp3) is 0.0238. The van der Waals surface area contributed by atoms with Gasteiger partial charge in [0.25, 0.3) is 0 Å². The minimum atomic E-state index is 0.539. The van der Waals surface area contributed by atoms with Crippen molar-refractivity contribution in [2.45, 2.75) is 6.54 Å². The van der Waals surface area contributed by atoms with Gasteiger partial charge in [0.15, 0.2) is 0 Å². The lowest BCUT2D eigenvalue weighted by Gasteiger charge is -2.11. The number of rotatable bonds is 8. The smallest absolute Gasteiger partial charge is 0.0716 e. The first-order chi connectivity index (χ1) is 22.2. The highest BCUT2D eigenvalue weighted by molar-refractivity contribution is 6.13. The zero-order chi connectivity index (χ0) is 30.4. The van der Waals surface area contributed by atoms with Gasteiger partial charge < -0.3 is 0 Å². The maximum Gasteiger partial charge on any atom is 0.0716 e. The van der Waals surface area contributed by atoms with Crippen molar-refractivity contribution in [3.05, 3.63) is 181 Å². The molecular formula is C42H31N3. The number of aromatic nitrogens is 1. The van der Waals surface area contributed by atoms with Gasteiger partial charge in [0, 0.05) is 29.1 Å². The first kappa shape index (κ1) is 27.9. The van der Waals surface area contributed by atoms with Crippen LogP contribution < -0.4 is 0 Å². The van der Waals surface area contributed by atoms with Crippen LogP contribution in [0.3, 0.4) is 0 Å². The summed E-state index contributed by atoms with van der Waals surface area (Å²) in [4.78, 5) is 14.0. The van der Waals surface area contributed by atoms with E-state index in [1.165, 1.54) is 27.1 Å². The van der Waals surface area contributed by atoms with Crippen LogP contribution in [0.5, 0.6) is 0 Å². The van der Waals surface area contributed by atoms with E-state index < -0.39 is 0 Å². The Morgan fingerprint density at radius 2 is 1.18 bits per heavy atom. The van der Waals surface area contributed by atoms with Gasteiger partial charge in [0.05, 0.1) is 18.0 Å². The van der Waals surface area contributed by atoms with E-state index in [1.54, 1.807) is 6.20 Å². The van der Waals surface area contributed by atoms with Crippen molar-refractivity contribution in [1.82, 2.24) is 4.98 Å². The molecule has 0 saturated carbocycles. The van der Waals surface area contributed by atoms with Crippen LogP contribution in [0.15, 0.2) is 174 Å². The van der Waals surface area contributed by atoms with Crippen molar-refractivity contribution in [2.75, 3.05) is 0 Å². The molecule has 3 nitrogen and oxygen atoms in total. The van der Waals surface area contributed by atoms with Crippen LogP contribution in [0, 0.1) is 0 Å². The Morgan fingerprint density at radius 3 is 1.91 bits per heavy atom. The zero-order valence-electron chi connectivity index (χ0n) is 24.8. The Kier molecular flexibility index (Phi) is 7.89. The molecule has 7 rings (SSSR count). The van der Waals surface area contributed by atoms with Gasteiger partial charge in [0.2, 0.25) is 0 Å². The molecule has 214 valence electrons. The van der Waals surface area contributed by atoms with E-state index in [0.29, 0.717) is 6.54 Å². The van der Waals surface area contributed by atoms with Crippen molar-refractivity contribution in [3.63, 3.8) is 0 Å². The summed E-state index contributed by atoms with van der Waals surface area (Å²) in [7, 11) is 0. The van der Waals surface area contributed by atoms with Crippen LogP contribution in [0.2, 0.25) is 0 Å². The van der Waals surface area contributed by atoms with Gasteiger partial charge in [-0.15, -0.1) is 0 Å². The Balaban J connectivity index is 1.31. The minimum absolute atomic E-state index is 0.539. The zero-order valence-corrected chi connectivity index (χ0v) is 24.8. The summed E-state index contributed by atoms with van der Waals surface area (Å²) < 4.78 is 0. The van der Waals surface area contributed by atoms with Crippen LogP contribution in [0.1, 0.15) is 16.7 Å². The molecule has 0 fully saturated rings. The largest absolute Gasteiger partial charge is 0.280 e. The van der Waals surface area contributed by atoms with E-state index in [4.69, 9.17) is 4.99 Å². The lowest BCUT2D eigenvalue weighted by Crippen LogP contribution is -2.01. The molecule has 0 aliphatic carbocycles. The second-order valence-electron chi connectivity index (χ2n) is 11.0. The molecule has 1 heterocycles. The number of allylic oxidation sites excluding steroid dienone is 1. The first-order valence-corrected chi connectivity index (χ1v) is 15.0. The van der Waals surface area contributed by atoms with Crippen molar-refractivity contribution in [2.24, 2.45) is 9.98 Å². The van der Waals surface area contributed by atoms with E-state index in [2.05, 4.69) is 156 Å². The third-order valence-electron chi connectivity index (χ3n) is 8.08. The van der Waals surface area contributed by atoms with Gasteiger partial charge in [-0.25, -0.2) is 0 Å². The van der Waals surface area contributed by atoms with Crippen LogP contribution >= 0.6 is 0 Å². The van der Waals surface area contributed by atoms with Crippen LogP contribution in [0.25, 0.3) is 49.5 Å².